The van der Waals surface area contributed by atoms with E-state index in [0.717, 1.165) is 5.22 Å². The van der Waals surface area contributed by atoms with E-state index in [-0.39, 0.29) is 0 Å². The predicted molar refractivity (Wildman–Crippen MR) is 63.4 cm³/mol. The third-order valence-electron chi connectivity index (χ3n) is 1.71. The first-order valence-electron chi connectivity index (χ1n) is 4.19. The average Bonchev–Trinajstić information content (AvgIpc) is 2.24. The Kier molecular flexibility index (Phi) is 4.03. The number of nitrogens with zero attached hydrogens (tertiary/aromatic N) is 2. The van der Waals surface area contributed by atoms with E-state index in [1.54, 1.807) is 24.3 Å². The van der Waals surface area contributed by atoms with Crippen LogP contribution in [0.1, 0.15) is 0 Å². The van der Waals surface area contributed by atoms with Crippen LogP contribution in [0.25, 0.3) is 12.2 Å². The third-order valence-corrected chi connectivity index (χ3v) is 1.99. The van der Waals surface area contributed by atoms with Crippen molar-refractivity contribution in [3.05, 3.63) is 40.9 Å². The molecule has 0 atom stereocenters. The Morgan fingerprint density at radius 3 is 2.27 bits per heavy atom. The summed E-state index contributed by atoms with van der Waals surface area (Å²) < 4.78 is 0. The molecule has 0 aromatic carbocycles. The van der Waals surface area contributed by atoms with Gasteiger partial charge in [-0.2, -0.15) is 0 Å². The van der Waals surface area contributed by atoms with Crippen LogP contribution >= 0.6 is 11.6 Å². The van der Waals surface area contributed by atoms with Crippen molar-refractivity contribution >= 4 is 29.6 Å². The van der Waals surface area contributed by atoms with Crippen LogP contribution in [0.3, 0.4) is 0 Å². The summed E-state index contributed by atoms with van der Waals surface area (Å²) in [6, 6.07) is 0. The molecule has 1 aromatic rings. The number of hydrazine groups is 1. The molecule has 4 nitrogen and oxygen atoms in total. The van der Waals surface area contributed by atoms with Crippen molar-refractivity contribution in [2.75, 3.05) is 5.43 Å². The van der Waals surface area contributed by atoms with Crippen molar-refractivity contribution in [2.24, 2.45) is 5.84 Å². The number of anilines is 1. The van der Waals surface area contributed by atoms with Gasteiger partial charge in [0.2, 0.25) is 0 Å². The van der Waals surface area contributed by atoms with Crippen molar-refractivity contribution in [2.45, 2.75) is 0 Å². The monoisotopic (exact) mass is 222 g/mol. The number of nitrogens with two attached hydrogens (primary N) is 1. The number of hydrogen-bond acceptors (Lipinski definition) is 4. The van der Waals surface area contributed by atoms with Gasteiger partial charge in [-0.1, -0.05) is 49.1 Å². The fourth-order valence-corrected chi connectivity index (χ4v) is 1.31. The maximum atomic E-state index is 5.90. The molecular formula is C10H11ClN4. The summed E-state index contributed by atoms with van der Waals surface area (Å²) in [6.07, 6.45) is 6.70. The van der Waals surface area contributed by atoms with Gasteiger partial charge in [0, 0.05) is 10.4 Å². The smallest absolute Gasteiger partial charge is 0.170 e. The molecule has 0 saturated carbocycles. The standard InChI is InChI=1S/C10H11ClN4/c1-3-5-7-8(6-4-2)10(13-12)15-14-9(7)11/h3-6H,1-2,12H2,(H,13,15)/b7-5+,8-6+. The third kappa shape index (κ3) is 2.43. The summed E-state index contributed by atoms with van der Waals surface area (Å²) in [5, 5.41) is 9.28. The highest BCUT2D eigenvalue weighted by molar-refractivity contribution is 6.29. The SMILES string of the molecule is C=C/C=c1/c(Cl)nnc(NN)/c1=C/C=C. The first-order valence-corrected chi connectivity index (χ1v) is 4.56. The van der Waals surface area contributed by atoms with E-state index in [2.05, 4.69) is 28.8 Å². The van der Waals surface area contributed by atoms with Gasteiger partial charge in [0.25, 0.3) is 0 Å². The lowest BCUT2D eigenvalue weighted by molar-refractivity contribution is 0.999. The van der Waals surface area contributed by atoms with Crippen LogP contribution in [-0.4, -0.2) is 10.2 Å². The van der Waals surface area contributed by atoms with Crippen LogP contribution in [0.5, 0.6) is 0 Å². The zero-order chi connectivity index (χ0) is 11.3. The predicted octanol–water partition coefficient (Wildman–Crippen LogP) is 0.349. The lowest BCUT2D eigenvalue weighted by Gasteiger charge is -2.00. The van der Waals surface area contributed by atoms with E-state index in [1.165, 1.54) is 0 Å². The lowest BCUT2D eigenvalue weighted by atomic mass is 10.2. The Hall–Kier alpha value is -1.65. The summed E-state index contributed by atoms with van der Waals surface area (Å²) in [5.41, 5.74) is 2.44. The second-order valence-corrected chi connectivity index (χ2v) is 2.97. The number of nitrogen functional groups attached to an aromatic ring is 1. The summed E-state index contributed by atoms with van der Waals surface area (Å²) in [7, 11) is 0. The molecule has 0 aliphatic rings. The number of allylic oxidation sites excluding steroid dienone is 2. The first-order chi connectivity index (χ1) is 7.24. The summed E-state index contributed by atoms with van der Waals surface area (Å²) in [4.78, 5) is 0. The number of aromatic nitrogens is 2. The molecule has 0 radical (unpaired) electrons. The van der Waals surface area contributed by atoms with Gasteiger partial charge in [-0.25, -0.2) is 5.84 Å². The van der Waals surface area contributed by atoms with Crippen LogP contribution in [0.2, 0.25) is 5.15 Å². The summed E-state index contributed by atoms with van der Waals surface area (Å²) in [6.45, 7) is 7.21. The Morgan fingerprint density at radius 2 is 1.73 bits per heavy atom. The number of halogens is 1. The fraction of sp³-hybridized carbons (Fsp3) is 0. The van der Waals surface area contributed by atoms with Gasteiger partial charge in [-0.3, -0.25) is 0 Å². The maximum absolute atomic E-state index is 5.90. The van der Waals surface area contributed by atoms with E-state index in [9.17, 15) is 0 Å². The van der Waals surface area contributed by atoms with Crippen molar-refractivity contribution in [3.8, 4) is 0 Å². The average molecular weight is 223 g/mol. The van der Waals surface area contributed by atoms with E-state index in [1.807, 2.05) is 0 Å². The van der Waals surface area contributed by atoms with Crippen LogP contribution in [-0.2, 0) is 0 Å². The molecule has 0 saturated heterocycles. The van der Waals surface area contributed by atoms with Crippen molar-refractivity contribution in [1.29, 1.82) is 0 Å². The second-order valence-electron chi connectivity index (χ2n) is 2.62. The molecule has 15 heavy (non-hydrogen) atoms. The Bertz CT molecular complexity index is 493. The van der Waals surface area contributed by atoms with Crippen LogP contribution in [0, 0.1) is 0 Å². The molecule has 0 spiro atoms. The highest BCUT2D eigenvalue weighted by Crippen LogP contribution is 1.94. The maximum Gasteiger partial charge on any atom is 0.170 e. The zero-order valence-electron chi connectivity index (χ0n) is 8.07. The van der Waals surface area contributed by atoms with Crippen molar-refractivity contribution in [3.63, 3.8) is 0 Å². The minimum absolute atomic E-state index is 0.294. The Morgan fingerprint density at radius 1 is 1.13 bits per heavy atom. The van der Waals surface area contributed by atoms with E-state index < -0.39 is 0 Å². The molecule has 1 rings (SSSR count). The summed E-state index contributed by atoms with van der Waals surface area (Å²) in [5.74, 6) is 5.74. The molecule has 0 fully saturated rings. The lowest BCUT2D eigenvalue weighted by Crippen LogP contribution is -2.33. The molecule has 0 aliphatic carbocycles. The fourth-order valence-electron chi connectivity index (χ4n) is 1.11. The molecule has 1 heterocycles. The van der Waals surface area contributed by atoms with Gasteiger partial charge in [-0.15, -0.1) is 10.2 Å². The van der Waals surface area contributed by atoms with E-state index in [4.69, 9.17) is 17.4 Å². The zero-order valence-corrected chi connectivity index (χ0v) is 8.83. The normalized spacial score (nSPS) is 12.7. The van der Waals surface area contributed by atoms with Crippen molar-refractivity contribution in [1.82, 2.24) is 10.2 Å². The van der Waals surface area contributed by atoms with Gasteiger partial charge >= 0.3 is 0 Å². The minimum atomic E-state index is 0.294. The molecule has 3 N–H and O–H groups in total. The number of hydrogen-bond donors (Lipinski definition) is 2. The topological polar surface area (TPSA) is 63.8 Å². The van der Waals surface area contributed by atoms with Gasteiger partial charge in [-0.05, 0) is 0 Å². The minimum Gasteiger partial charge on any atom is -0.306 e. The Balaban J connectivity index is 3.74. The number of nitrogens with one attached hydrogen (secondary N) is 1. The molecule has 1 aromatic heterocycles. The molecule has 0 aliphatic heterocycles. The highest BCUT2D eigenvalue weighted by atomic mass is 35.5. The second kappa shape index (κ2) is 5.29. The molecule has 0 bridgehead atoms. The molecule has 0 unspecified atom stereocenters. The molecule has 0 amide bonds. The first kappa shape index (κ1) is 11.4. The molecule has 78 valence electrons. The van der Waals surface area contributed by atoms with Gasteiger partial charge in [0.05, 0.1) is 0 Å². The van der Waals surface area contributed by atoms with Crippen molar-refractivity contribution < 1.29 is 0 Å². The number of rotatable bonds is 3. The quantitative estimate of drug-likeness (QED) is 0.572. The molecule has 5 heteroatoms. The van der Waals surface area contributed by atoms with Crippen LogP contribution in [0.15, 0.2) is 25.3 Å². The van der Waals surface area contributed by atoms with E-state index >= 15 is 0 Å². The Labute approximate surface area is 92.4 Å². The van der Waals surface area contributed by atoms with Gasteiger partial charge in [0.1, 0.15) is 0 Å². The largest absolute Gasteiger partial charge is 0.306 e. The highest BCUT2D eigenvalue weighted by Gasteiger charge is 2.01. The molecular weight excluding hydrogens is 212 g/mol. The summed E-state index contributed by atoms with van der Waals surface area (Å²) >= 11 is 5.90. The van der Waals surface area contributed by atoms with Gasteiger partial charge in [0.15, 0.2) is 11.0 Å². The van der Waals surface area contributed by atoms with Crippen LogP contribution < -0.4 is 21.7 Å². The van der Waals surface area contributed by atoms with E-state index in [0.29, 0.717) is 16.2 Å². The van der Waals surface area contributed by atoms with Crippen LogP contribution in [0.4, 0.5) is 5.82 Å². The van der Waals surface area contributed by atoms with Gasteiger partial charge < -0.3 is 5.43 Å².